The number of hydrogen-bond acceptors (Lipinski definition) is 2. The Morgan fingerprint density at radius 2 is 1.88 bits per heavy atom. The van der Waals surface area contributed by atoms with Crippen molar-refractivity contribution in [3.05, 3.63) is 0 Å². The maximum Gasteiger partial charge on any atom is 0.0478 e. The molecular formula is C14H29NO. The summed E-state index contributed by atoms with van der Waals surface area (Å²) in [5, 5.41) is 0. The van der Waals surface area contributed by atoms with E-state index in [9.17, 15) is 0 Å². The van der Waals surface area contributed by atoms with Crippen molar-refractivity contribution in [2.24, 2.45) is 5.92 Å². The van der Waals surface area contributed by atoms with Crippen molar-refractivity contribution < 1.29 is 4.74 Å². The highest BCUT2D eigenvalue weighted by molar-refractivity contribution is 4.84. The molecule has 0 aromatic rings. The van der Waals surface area contributed by atoms with Gasteiger partial charge in [0.1, 0.15) is 0 Å². The van der Waals surface area contributed by atoms with Crippen LogP contribution in [0.25, 0.3) is 0 Å². The SMILES string of the molecule is CCCCOCCCN(CC(C)C)C1CC1. The summed E-state index contributed by atoms with van der Waals surface area (Å²) in [6, 6.07) is 0.901. The second-order valence-corrected chi connectivity index (χ2v) is 5.44. The van der Waals surface area contributed by atoms with E-state index in [1.165, 1.54) is 45.2 Å². The van der Waals surface area contributed by atoms with E-state index in [1.54, 1.807) is 0 Å². The first kappa shape index (κ1) is 14.0. The van der Waals surface area contributed by atoms with Gasteiger partial charge in [-0.05, 0) is 31.6 Å². The van der Waals surface area contributed by atoms with E-state index in [2.05, 4.69) is 25.7 Å². The van der Waals surface area contributed by atoms with Crippen LogP contribution in [-0.4, -0.2) is 37.2 Å². The lowest BCUT2D eigenvalue weighted by molar-refractivity contribution is 0.114. The Hall–Kier alpha value is -0.0800. The molecule has 1 aliphatic carbocycles. The van der Waals surface area contributed by atoms with Crippen LogP contribution in [0.2, 0.25) is 0 Å². The first-order valence-electron chi connectivity index (χ1n) is 7.05. The zero-order chi connectivity index (χ0) is 11.8. The minimum Gasteiger partial charge on any atom is -0.381 e. The molecule has 0 saturated heterocycles. The van der Waals surface area contributed by atoms with Crippen molar-refractivity contribution in [2.75, 3.05) is 26.3 Å². The summed E-state index contributed by atoms with van der Waals surface area (Å²) in [7, 11) is 0. The first-order valence-corrected chi connectivity index (χ1v) is 7.05. The van der Waals surface area contributed by atoms with Gasteiger partial charge in [0.15, 0.2) is 0 Å². The molecule has 0 aromatic carbocycles. The van der Waals surface area contributed by atoms with Crippen LogP contribution in [0.4, 0.5) is 0 Å². The molecule has 0 bridgehead atoms. The van der Waals surface area contributed by atoms with Crippen LogP contribution in [0.15, 0.2) is 0 Å². The maximum absolute atomic E-state index is 5.60. The lowest BCUT2D eigenvalue weighted by Gasteiger charge is -2.23. The summed E-state index contributed by atoms with van der Waals surface area (Å²) in [4.78, 5) is 2.66. The summed E-state index contributed by atoms with van der Waals surface area (Å²) >= 11 is 0. The van der Waals surface area contributed by atoms with Crippen LogP contribution in [-0.2, 0) is 4.74 Å². The molecule has 0 radical (unpaired) electrons. The molecule has 1 rings (SSSR count). The Morgan fingerprint density at radius 1 is 1.19 bits per heavy atom. The normalized spacial score (nSPS) is 16.3. The highest BCUT2D eigenvalue weighted by Gasteiger charge is 2.28. The molecule has 96 valence electrons. The fraction of sp³-hybridized carbons (Fsp3) is 1.00. The molecule has 0 N–H and O–H groups in total. The third-order valence-corrected chi connectivity index (χ3v) is 3.04. The second kappa shape index (κ2) is 8.08. The Morgan fingerprint density at radius 3 is 2.44 bits per heavy atom. The average Bonchev–Trinajstić information content (AvgIpc) is 3.04. The van der Waals surface area contributed by atoms with Gasteiger partial charge < -0.3 is 9.64 Å². The number of ether oxygens (including phenoxy) is 1. The smallest absolute Gasteiger partial charge is 0.0478 e. The highest BCUT2D eigenvalue weighted by Crippen LogP contribution is 2.27. The molecule has 0 unspecified atom stereocenters. The molecule has 0 atom stereocenters. The minimum atomic E-state index is 0.793. The van der Waals surface area contributed by atoms with Gasteiger partial charge in [-0.1, -0.05) is 27.2 Å². The van der Waals surface area contributed by atoms with E-state index in [0.717, 1.165) is 25.2 Å². The van der Waals surface area contributed by atoms with E-state index >= 15 is 0 Å². The molecule has 1 aliphatic rings. The molecule has 1 saturated carbocycles. The van der Waals surface area contributed by atoms with Gasteiger partial charge in [0, 0.05) is 32.3 Å². The zero-order valence-corrected chi connectivity index (χ0v) is 11.4. The van der Waals surface area contributed by atoms with Gasteiger partial charge in [-0.2, -0.15) is 0 Å². The Kier molecular flexibility index (Phi) is 7.06. The lowest BCUT2D eigenvalue weighted by Crippen LogP contribution is -2.31. The van der Waals surface area contributed by atoms with E-state index in [4.69, 9.17) is 4.74 Å². The van der Waals surface area contributed by atoms with Crippen LogP contribution in [0.3, 0.4) is 0 Å². The van der Waals surface area contributed by atoms with Crippen molar-refractivity contribution in [1.82, 2.24) is 4.90 Å². The van der Waals surface area contributed by atoms with Crippen molar-refractivity contribution in [2.45, 2.75) is 58.9 Å². The van der Waals surface area contributed by atoms with Gasteiger partial charge in [0.2, 0.25) is 0 Å². The first-order chi connectivity index (χ1) is 7.74. The summed E-state index contributed by atoms with van der Waals surface area (Å²) in [6.07, 6.45) is 6.49. The second-order valence-electron chi connectivity index (χ2n) is 5.44. The topological polar surface area (TPSA) is 12.5 Å². The van der Waals surface area contributed by atoms with Crippen LogP contribution in [0.5, 0.6) is 0 Å². The highest BCUT2D eigenvalue weighted by atomic mass is 16.5. The van der Waals surface area contributed by atoms with E-state index in [0.29, 0.717) is 0 Å². The van der Waals surface area contributed by atoms with Crippen LogP contribution >= 0.6 is 0 Å². The number of unbranched alkanes of at least 4 members (excludes halogenated alkanes) is 1. The average molecular weight is 227 g/mol. The third kappa shape index (κ3) is 6.49. The Bertz CT molecular complexity index is 166. The number of rotatable bonds is 10. The summed E-state index contributed by atoms with van der Waals surface area (Å²) in [6.45, 7) is 11.2. The van der Waals surface area contributed by atoms with Crippen molar-refractivity contribution in [3.8, 4) is 0 Å². The molecule has 0 spiro atoms. The largest absolute Gasteiger partial charge is 0.381 e. The van der Waals surface area contributed by atoms with Crippen LogP contribution in [0.1, 0.15) is 52.9 Å². The Labute approximate surface area is 101 Å². The van der Waals surface area contributed by atoms with Gasteiger partial charge in [0.05, 0.1) is 0 Å². The fourth-order valence-corrected chi connectivity index (χ4v) is 2.05. The van der Waals surface area contributed by atoms with Gasteiger partial charge in [-0.15, -0.1) is 0 Å². The van der Waals surface area contributed by atoms with Crippen LogP contribution in [0, 0.1) is 5.92 Å². The zero-order valence-electron chi connectivity index (χ0n) is 11.4. The number of hydrogen-bond donors (Lipinski definition) is 0. The molecule has 0 heterocycles. The van der Waals surface area contributed by atoms with E-state index in [-0.39, 0.29) is 0 Å². The van der Waals surface area contributed by atoms with Crippen molar-refractivity contribution >= 4 is 0 Å². The van der Waals surface area contributed by atoms with Gasteiger partial charge in [-0.25, -0.2) is 0 Å². The van der Waals surface area contributed by atoms with Crippen LogP contribution < -0.4 is 0 Å². The third-order valence-electron chi connectivity index (χ3n) is 3.04. The standard InChI is InChI=1S/C14H29NO/c1-4-5-10-16-11-6-9-15(12-13(2)3)14-7-8-14/h13-14H,4-12H2,1-3H3. The molecular weight excluding hydrogens is 198 g/mol. The molecule has 16 heavy (non-hydrogen) atoms. The van der Waals surface area contributed by atoms with Gasteiger partial charge >= 0.3 is 0 Å². The number of nitrogens with zero attached hydrogens (tertiary/aromatic N) is 1. The van der Waals surface area contributed by atoms with E-state index < -0.39 is 0 Å². The molecule has 1 fully saturated rings. The Balaban J connectivity index is 1.99. The summed E-state index contributed by atoms with van der Waals surface area (Å²) in [5.41, 5.74) is 0. The molecule has 0 amide bonds. The molecule has 0 aromatic heterocycles. The quantitative estimate of drug-likeness (QED) is 0.531. The molecule has 0 aliphatic heterocycles. The summed E-state index contributed by atoms with van der Waals surface area (Å²) in [5.74, 6) is 0.793. The summed E-state index contributed by atoms with van der Waals surface area (Å²) < 4.78 is 5.60. The monoisotopic (exact) mass is 227 g/mol. The molecule has 2 nitrogen and oxygen atoms in total. The van der Waals surface area contributed by atoms with Gasteiger partial charge in [-0.3, -0.25) is 0 Å². The van der Waals surface area contributed by atoms with Gasteiger partial charge in [0.25, 0.3) is 0 Å². The van der Waals surface area contributed by atoms with E-state index in [1.807, 2.05) is 0 Å². The molecule has 2 heteroatoms. The lowest BCUT2D eigenvalue weighted by atomic mass is 10.2. The predicted octanol–water partition coefficient (Wildman–Crippen LogP) is 3.31. The maximum atomic E-state index is 5.60. The predicted molar refractivity (Wildman–Crippen MR) is 69.8 cm³/mol. The minimum absolute atomic E-state index is 0.793. The van der Waals surface area contributed by atoms with Crippen molar-refractivity contribution in [1.29, 1.82) is 0 Å². The van der Waals surface area contributed by atoms with Crippen molar-refractivity contribution in [3.63, 3.8) is 0 Å². The fourth-order valence-electron chi connectivity index (χ4n) is 2.05.